The van der Waals surface area contributed by atoms with E-state index in [2.05, 4.69) is 15.5 Å². The Hall–Kier alpha value is -2.28. The third kappa shape index (κ3) is 3.39. The van der Waals surface area contributed by atoms with E-state index < -0.39 is 4.92 Å². The molecule has 20 heavy (non-hydrogen) atoms. The quantitative estimate of drug-likeness (QED) is 0.493. The molecule has 0 saturated heterocycles. The van der Waals surface area contributed by atoms with E-state index in [4.69, 9.17) is 4.42 Å². The molecule has 0 aliphatic heterocycles. The molecule has 1 N–H and O–H groups in total. The van der Waals surface area contributed by atoms with Crippen molar-refractivity contribution in [3.63, 3.8) is 0 Å². The van der Waals surface area contributed by atoms with Crippen molar-refractivity contribution in [3.8, 4) is 11.5 Å². The van der Waals surface area contributed by atoms with Gasteiger partial charge in [-0.05, 0) is 25.1 Å². The number of nitro benzene ring substituents is 1. The van der Waals surface area contributed by atoms with Crippen molar-refractivity contribution >= 4 is 5.69 Å². The standard InChI is InChI=1S/C13H16N4O3/c1-3-14-5-4-12-15-16-13(20-12)10-6-9(2)7-11(8-10)17(18)19/h6-8,14H,3-5H2,1-2H3. The number of nitrogens with zero attached hydrogens (tertiary/aromatic N) is 3. The molecule has 1 aromatic heterocycles. The molecule has 0 atom stereocenters. The number of non-ortho nitro benzene ring substituents is 1. The van der Waals surface area contributed by atoms with Crippen LogP contribution in [0.5, 0.6) is 0 Å². The van der Waals surface area contributed by atoms with Crippen molar-refractivity contribution in [1.82, 2.24) is 15.5 Å². The van der Waals surface area contributed by atoms with E-state index in [0.29, 0.717) is 23.8 Å². The zero-order valence-electron chi connectivity index (χ0n) is 11.4. The summed E-state index contributed by atoms with van der Waals surface area (Å²) < 4.78 is 5.52. The summed E-state index contributed by atoms with van der Waals surface area (Å²) in [5.41, 5.74) is 1.37. The predicted molar refractivity (Wildman–Crippen MR) is 73.4 cm³/mol. The zero-order valence-corrected chi connectivity index (χ0v) is 11.4. The van der Waals surface area contributed by atoms with Gasteiger partial charge in [0.05, 0.1) is 4.92 Å². The van der Waals surface area contributed by atoms with E-state index in [0.717, 1.165) is 18.7 Å². The Morgan fingerprint density at radius 3 is 2.85 bits per heavy atom. The Balaban J connectivity index is 2.21. The smallest absolute Gasteiger partial charge is 0.270 e. The van der Waals surface area contributed by atoms with Crippen molar-refractivity contribution in [2.24, 2.45) is 0 Å². The zero-order chi connectivity index (χ0) is 14.5. The van der Waals surface area contributed by atoms with Crippen LogP contribution in [-0.4, -0.2) is 28.2 Å². The monoisotopic (exact) mass is 276 g/mol. The SMILES string of the molecule is CCNCCc1nnc(-c2cc(C)cc([N+](=O)[O-])c2)o1. The lowest BCUT2D eigenvalue weighted by Gasteiger charge is -1.99. The van der Waals surface area contributed by atoms with Gasteiger partial charge in [-0.2, -0.15) is 0 Å². The fourth-order valence-corrected chi connectivity index (χ4v) is 1.84. The van der Waals surface area contributed by atoms with Gasteiger partial charge in [0.15, 0.2) is 0 Å². The van der Waals surface area contributed by atoms with Crippen LogP contribution < -0.4 is 5.32 Å². The summed E-state index contributed by atoms with van der Waals surface area (Å²) in [6.07, 6.45) is 0.634. The highest BCUT2D eigenvalue weighted by molar-refractivity contribution is 5.59. The second kappa shape index (κ2) is 6.25. The molecule has 2 rings (SSSR count). The van der Waals surface area contributed by atoms with Crippen LogP contribution in [0.2, 0.25) is 0 Å². The van der Waals surface area contributed by atoms with Crippen LogP contribution in [0.3, 0.4) is 0 Å². The minimum Gasteiger partial charge on any atom is -0.421 e. The number of hydrogen-bond donors (Lipinski definition) is 1. The van der Waals surface area contributed by atoms with Crippen molar-refractivity contribution in [2.45, 2.75) is 20.3 Å². The van der Waals surface area contributed by atoms with Crippen LogP contribution in [0, 0.1) is 17.0 Å². The summed E-state index contributed by atoms with van der Waals surface area (Å²) in [6, 6.07) is 4.73. The number of aryl methyl sites for hydroxylation is 1. The van der Waals surface area contributed by atoms with E-state index in [1.165, 1.54) is 12.1 Å². The fourth-order valence-electron chi connectivity index (χ4n) is 1.84. The highest BCUT2D eigenvalue weighted by atomic mass is 16.6. The molecule has 1 aromatic carbocycles. The Bertz CT molecular complexity index is 609. The van der Waals surface area contributed by atoms with Crippen LogP contribution in [0.15, 0.2) is 22.6 Å². The van der Waals surface area contributed by atoms with Crippen molar-refractivity contribution in [1.29, 1.82) is 0 Å². The van der Waals surface area contributed by atoms with E-state index in [-0.39, 0.29) is 5.69 Å². The Morgan fingerprint density at radius 1 is 1.35 bits per heavy atom. The lowest BCUT2D eigenvalue weighted by Crippen LogP contribution is -2.16. The molecule has 0 aliphatic carbocycles. The molecule has 7 nitrogen and oxygen atoms in total. The van der Waals surface area contributed by atoms with Gasteiger partial charge in [-0.15, -0.1) is 10.2 Å². The van der Waals surface area contributed by atoms with E-state index in [1.807, 2.05) is 6.92 Å². The first-order chi connectivity index (χ1) is 9.60. The molecule has 7 heteroatoms. The molecule has 0 unspecified atom stereocenters. The maximum absolute atomic E-state index is 10.8. The summed E-state index contributed by atoms with van der Waals surface area (Å²) in [7, 11) is 0. The van der Waals surface area contributed by atoms with E-state index >= 15 is 0 Å². The minimum atomic E-state index is -0.432. The average molecular weight is 276 g/mol. The lowest BCUT2D eigenvalue weighted by molar-refractivity contribution is -0.384. The summed E-state index contributed by atoms with van der Waals surface area (Å²) in [5, 5.41) is 21.9. The predicted octanol–water partition coefficient (Wildman–Crippen LogP) is 2.11. The summed E-state index contributed by atoms with van der Waals surface area (Å²) in [5.74, 6) is 0.827. The Labute approximate surface area is 116 Å². The lowest BCUT2D eigenvalue weighted by atomic mass is 10.1. The minimum absolute atomic E-state index is 0.0207. The molecule has 0 aliphatic rings. The van der Waals surface area contributed by atoms with Gasteiger partial charge in [0, 0.05) is 30.7 Å². The number of hydrogen-bond acceptors (Lipinski definition) is 6. The second-order valence-electron chi connectivity index (χ2n) is 4.42. The van der Waals surface area contributed by atoms with Gasteiger partial charge >= 0.3 is 0 Å². The van der Waals surface area contributed by atoms with E-state index in [9.17, 15) is 10.1 Å². The number of rotatable bonds is 6. The summed E-state index contributed by atoms with van der Waals surface area (Å²) in [4.78, 5) is 10.4. The third-order valence-corrected chi connectivity index (χ3v) is 2.75. The highest BCUT2D eigenvalue weighted by Gasteiger charge is 2.14. The fraction of sp³-hybridized carbons (Fsp3) is 0.385. The number of likely N-dealkylation sites (N-methyl/N-ethyl adjacent to an activating group) is 1. The molecule has 0 fully saturated rings. The summed E-state index contributed by atoms with van der Waals surface area (Å²) in [6.45, 7) is 5.45. The Kier molecular flexibility index (Phi) is 4.41. The van der Waals surface area contributed by atoms with Crippen molar-refractivity contribution in [3.05, 3.63) is 39.8 Å². The third-order valence-electron chi connectivity index (χ3n) is 2.75. The molecule has 0 spiro atoms. The topological polar surface area (TPSA) is 94.1 Å². The molecule has 106 valence electrons. The molecule has 2 aromatic rings. The van der Waals surface area contributed by atoms with Crippen LogP contribution in [0.1, 0.15) is 18.4 Å². The molecule has 0 amide bonds. The van der Waals surface area contributed by atoms with Crippen molar-refractivity contribution < 1.29 is 9.34 Å². The maximum Gasteiger partial charge on any atom is 0.270 e. The molecule has 0 bridgehead atoms. The van der Waals surface area contributed by atoms with Crippen LogP contribution in [0.4, 0.5) is 5.69 Å². The molecule has 1 heterocycles. The maximum atomic E-state index is 10.8. The largest absolute Gasteiger partial charge is 0.421 e. The van der Waals surface area contributed by atoms with Gasteiger partial charge in [-0.25, -0.2) is 0 Å². The summed E-state index contributed by atoms with van der Waals surface area (Å²) >= 11 is 0. The Morgan fingerprint density at radius 2 is 2.15 bits per heavy atom. The first kappa shape index (κ1) is 14.1. The molecule has 0 saturated carbocycles. The number of nitrogens with one attached hydrogen (secondary N) is 1. The van der Waals surface area contributed by atoms with Crippen LogP contribution in [-0.2, 0) is 6.42 Å². The number of aromatic nitrogens is 2. The molecular weight excluding hydrogens is 260 g/mol. The average Bonchev–Trinajstić information content (AvgIpc) is 2.87. The first-order valence-corrected chi connectivity index (χ1v) is 6.39. The van der Waals surface area contributed by atoms with Gasteiger partial charge in [0.1, 0.15) is 0 Å². The van der Waals surface area contributed by atoms with Gasteiger partial charge in [0.2, 0.25) is 11.8 Å². The van der Waals surface area contributed by atoms with Gasteiger partial charge in [-0.3, -0.25) is 10.1 Å². The number of nitro groups is 1. The second-order valence-corrected chi connectivity index (χ2v) is 4.42. The van der Waals surface area contributed by atoms with E-state index in [1.54, 1.807) is 13.0 Å². The van der Waals surface area contributed by atoms with Crippen LogP contribution in [0.25, 0.3) is 11.5 Å². The molecule has 0 radical (unpaired) electrons. The van der Waals surface area contributed by atoms with Gasteiger partial charge in [-0.1, -0.05) is 6.92 Å². The highest BCUT2D eigenvalue weighted by Crippen LogP contribution is 2.24. The molecular formula is C13H16N4O3. The van der Waals surface area contributed by atoms with Crippen molar-refractivity contribution in [2.75, 3.05) is 13.1 Å². The normalized spacial score (nSPS) is 10.7. The van der Waals surface area contributed by atoms with Gasteiger partial charge in [0.25, 0.3) is 5.69 Å². The van der Waals surface area contributed by atoms with Gasteiger partial charge < -0.3 is 9.73 Å². The first-order valence-electron chi connectivity index (χ1n) is 6.39. The van der Waals surface area contributed by atoms with Crippen LogP contribution >= 0.6 is 0 Å². The number of benzene rings is 1.